The maximum atomic E-state index is 12.5. The van der Waals surface area contributed by atoms with E-state index in [1.54, 1.807) is 25.1 Å². The third-order valence-electron chi connectivity index (χ3n) is 2.58. The van der Waals surface area contributed by atoms with E-state index in [0.29, 0.717) is 15.7 Å². The summed E-state index contributed by atoms with van der Waals surface area (Å²) in [4.78, 5) is 0. The molecule has 1 N–H and O–H groups in total. The van der Waals surface area contributed by atoms with Crippen LogP contribution in [0.1, 0.15) is 24.3 Å². The van der Waals surface area contributed by atoms with Crippen molar-refractivity contribution in [3.63, 3.8) is 0 Å². The number of rotatable bonds is 2. The van der Waals surface area contributed by atoms with E-state index in [4.69, 9.17) is 0 Å². The van der Waals surface area contributed by atoms with E-state index in [-0.39, 0.29) is 0 Å². The Balaban J connectivity index is 2.40. The first kappa shape index (κ1) is 14.1. The van der Waals surface area contributed by atoms with Gasteiger partial charge in [-0.05, 0) is 46.6 Å². The molecule has 0 fully saturated rings. The standard InChI is InChI=1S/C12H10BrF3N2O/c1-7(19)8-2-3-10(9(13)6-8)18-5-4-11(17-18)12(14,15)16/h2-7,19H,1H3/t7-/m0/s1. The number of hydrogen-bond acceptors (Lipinski definition) is 2. The summed E-state index contributed by atoms with van der Waals surface area (Å²) in [5.41, 5.74) is 0.192. The number of benzene rings is 1. The lowest BCUT2D eigenvalue weighted by atomic mass is 10.1. The largest absolute Gasteiger partial charge is 0.435 e. The van der Waals surface area contributed by atoms with Gasteiger partial charge in [0.15, 0.2) is 5.69 Å². The highest BCUT2D eigenvalue weighted by molar-refractivity contribution is 9.10. The van der Waals surface area contributed by atoms with Crippen molar-refractivity contribution in [1.82, 2.24) is 9.78 Å². The van der Waals surface area contributed by atoms with E-state index in [1.807, 2.05) is 0 Å². The Morgan fingerprint density at radius 2 is 2.00 bits per heavy atom. The molecule has 0 unspecified atom stereocenters. The molecule has 0 bridgehead atoms. The van der Waals surface area contributed by atoms with Crippen LogP contribution in [0.25, 0.3) is 5.69 Å². The van der Waals surface area contributed by atoms with Gasteiger partial charge in [-0.1, -0.05) is 6.07 Å². The van der Waals surface area contributed by atoms with Crippen molar-refractivity contribution >= 4 is 15.9 Å². The lowest BCUT2D eigenvalue weighted by Gasteiger charge is -2.09. The molecule has 0 aliphatic carbocycles. The number of aliphatic hydroxyl groups is 1. The molecule has 0 amide bonds. The highest BCUT2D eigenvalue weighted by Gasteiger charge is 2.33. The van der Waals surface area contributed by atoms with Crippen LogP contribution in [-0.4, -0.2) is 14.9 Å². The van der Waals surface area contributed by atoms with Crippen LogP contribution in [0.15, 0.2) is 34.9 Å². The molecule has 1 heterocycles. The first-order chi connectivity index (χ1) is 8.79. The second kappa shape index (κ2) is 4.97. The van der Waals surface area contributed by atoms with Crippen molar-refractivity contribution < 1.29 is 18.3 Å². The van der Waals surface area contributed by atoms with Crippen molar-refractivity contribution in [2.24, 2.45) is 0 Å². The Bertz CT molecular complexity index is 593. The third-order valence-corrected chi connectivity index (χ3v) is 3.22. The summed E-state index contributed by atoms with van der Waals surface area (Å²) < 4.78 is 39.1. The summed E-state index contributed by atoms with van der Waals surface area (Å²) in [5.74, 6) is 0. The summed E-state index contributed by atoms with van der Waals surface area (Å²) in [6.45, 7) is 1.61. The zero-order valence-electron chi connectivity index (χ0n) is 9.82. The summed E-state index contributed by atoms with van der Waals surface area (Å²) in [7, 11) is 0. The van der Waals surface area contributed by atoms with Crippen molar-refractivity contribution in [2.45, 2.75) is 19.2 Å². The maximum Gasteiger partial charge on any atom is 0.435 e. The fourth-order valence-corrected chi connectivity index (χ4v) is 2.16. The Hall–Kier alpha value is -1.34. The van der Waals surface area contributed by atoms with Crippen molar-refractivity contribution in [1.29, 1.82) is 0 Å². The minimum Gasteiger partial charge on any atom is -0.389 e. The zero-order valence-corrected chi connectivity index (χ0v) is 11.4. The SMILES string of the molecule is C[C@H](O)c1ccc(-n2ccc(C(F)(F)F)n2)c(Br)c1. The first-order valence-corrected chi connectivity index (χ1v) is 6.19. The Labute approximate surface area is 115 Å². The van der Waals surface area contributed by atoms with E-state index >= 15 is 0 Å². The van der Waals surface area contributed by atoms with Gasteiger partial charge in [-0.15, -0.1) is 0 Å². The normalized spacial score (nSPS) is 13.6. The van der Waals surface area contributed by atoms with E-state index in [9.17, 15) is 18.3 Å². The fourth-order valence-electron chi connectivity index (χ4n) is 1.58. The molecule has 0 radical (unpaired) electrons. The van der Waals surface area contributed by atoms with Crippen LogP contribution in [0.2, 0.25) is 0 Å². The molecule has 102 valence electrons. The lowest BCUT2D eigenvalue weighted by Crippen LogP contribution is -2.07. The molecule has 0 aliphatic heterocycles. The summed E-state index contributed by atoms with van der Waals surface area (Å²) >= 11 is 3.26. The minimum atomic E-state index is -4.46. The van der Waals surface area contributed by atoms with Gasteiger partial charge < -0.3 is 5.11 Å². The molecule has 0 saturated heterocycles. The van der Waals surface area contributed by atoms with Gasteiger partial charge in [-0.2, -0.15) is 18.3 Å². The molecular weight excluding hydrogens is 325 g/mol. The van der Waals surface area contributed by atoms with Crippen LogP contribution in [-0.2, 0) is 6.18 Å². The maximum absolute atomic E-state index is 12.5. The molecule has 3 nitrogen and oxygen atoms in total. The topological polar surface area (TPSA) is 38.0 Å². The molecule has 2 rings (SSSR count). The van der Waals surface area contributed by atoms with Gasteiger partial charge in [0.2, 0.25) is 0 Å². The van der Waals surface area contributed by atoms with Crippen LogP contribution < -0.4 is 0 Å². The van der Waals surface area contributed by atoms with E-state index < -0.39 is 18.0 Å². The van der Waals surface area contributed by atoms with Gasteiger partial charge >= 0.3 is 6.18 Å². The van der Waals surface area contributed by atoms with Gasteiger partial charge in [-0.25, -0.2) is 4.68 Å². The zero-order chi connectivity index (χ0) is 14.2. The number of halogens is 4. The van der Waals surface area contributed by atoms with Gasteiger partial charge in [0.05, 0.1) is 11.8 Å². The molecule has 1 aromatic carbocycles. The minimum absolute atomic E-state index is 0.472. The molecule has 0 spiro atoms. The van der Waals surface area contributed by atoms with Crippen LogP contribution in [0, 0.1) is 0 Å². The lowest BCUT2D eigenvalue weighted by molar-refractivity contribution is -0.141. The monoisotopic (exact) mass is 334 g/mol. The average Bonchev–Trinajstić information content (AvgIpc) is 2.77. The fraction of sp³-hybridized carbons (Fsp3) is 0.250. The molecule has 1 atom stereocenters. The second-order valence-electron chi connectivity index (χ2n) is 4.03. The third kappa shape index (κ3) is 2.98. The average molecular weight is 335 g/mol. The van der Waals surface area contributed by atoms with Gasteiger partial charge in [0, 0.05) is 10.7 Å². The second-order valence-corrected chi connectivity index (χ2v) is 4.88. The predicted octanol–water partition coefficient (Wildman–Crippen LogP) is 3.71. The Kier molecular flexibility index (Phi) is 3.69. The van der Waals surface area contributed by atoms with Gasteiger partial charge in [-0.3, -0.25) is 0 Å². The molecule has 19 heavy (non-hydrogen) atoms. The molecule has 0 aliphatic rings. The van der Waals surface area contributed by atoms with E-state index in [0.717, 1.165) is 10.7 Å². The van der Waals surface area contributed by atoms with Gasteiger partial charge in [0.25, 0.3) is 0 Å². The number of nitrogens with zero attached hydrogens (tertiary/aromatic N) is 2. The molecule has 2 aromatic rings. The smallest absolute Gasteiger partial charge is 0.389 e. The molecule has 1 aromatic heterocycles. The number of aromatic nitrogens is 2. The first-order valence-electron chi connectivity index (χ1n) is 5.40. The Morgan fingerprint density at radius 1 is 1.32 bits per heavy atom. The highest BCUT2D eigenvalue weighted by atomic mass is 79.9. The van der Waals surface area contributed by atoms with Crippen LogP contribution >= 0.6 is 15.9 Å². The molecule has 7 heteroatoms. The van der Waals surface area contributed by atoms with Gasteiger partial charge in [0.1, 0.15) is 0 Å². The Morgan fingerprint density at radius 3 is 2.47 bits per heavy atom. The van der Waals surface area contributed by atoms with Crippen LogP contribution in [0.4, 0.5) is 13.2 Å². The van der Waals surface area contributed by atoms with E-state index in [2.05, 4.69) is 21.0 Å². The predicted molar refractivity (Wildman–Crippen MR) is 66.9 cm³/mol. The van der Waals surface area contributed by atoms with Crippen molar-refractivity contribution in [2.75, 3.05) is 0 Å². The quantitative estimate of drug-likeness (QED) is 0.909. The number of aliphatic hydroxyl groups excluding tert-OH is 1. The van der Waals surface area contributed by atoms with E-state index in [1.165, 1.54) is 6.20 Å². The highest BCUT2D eigenvalue weighted by Crippen LogP contribution is 2.30. The van der Waals surface area contributed by atoms with Crippen molar-refractivity contribution in [3.05, 3.63) is 46.2 Å². The number of alkyl halides is 3. The summed E-state index contributed by atoms with van der Waals surface area (Å²) in [6.07, 6.45) is -3.86. The summed E-state index contributed by atoms with van der Waals surface area (Å²) in [5, 5.41) is 12.9. The number of hydrogen-bond donors (Lipinski definition) is 1. The van der Waals surface area contributed by atoms with Crippen LogP contribution in [0.3, 0.4) is 0 Å². The van der Waals surface area contributed by atoms with Crippen molar-refractivity contribution in [3.8, 4) is 5.69 Å². The van der Waals surface area contributed by atoms with Crippen LogP contribution in [0.5, 0.6) is 0 Å². The molecule has 0 saturated carbocycles. The summed E-state index contributed by atoms with van der Waals surface area (Å²) in [6, 6.07) is 5.79. The molecular formula is C12H10BrF3N2O.